The average Bonchev–Trinajstić information content (AvgIpc) is 3.07. The Morgan fingerprint density at radius 3 is 2.84 bits per heavy atom. The summed E-state index contributed by atoms with van der Waals surface area (Å²) in [5.74, 6) is -0.262. The Kier molecular flexibility index (Phi) is 4.91. The third-order valence-corrected chi connectivity index (χ3v) is 4.51. The maximum Gasteiger partial charge on any atom is 0.233 e. The lowest BCUT2D eigenvalue weighted by Crippen LogP contribution is -2.24. The highest BCUT2D eigenvalue weighted by Gasteiger charge is 2.36. The molecule has 1 aliphatic heterocycles. The minimum atomic E-state index is -0.813. The number of carbonyl (C=O) groups excluding carboxylic acids is 1. The first-order valence-electron chi connectivity index (χ1n) is 7.78. The number of rotatable bonds is 4. The standard InChI is InChI=1S/C14H19BrN6O4/c1-5(2)13(24)19-14-17-11(16)9-10(15)20-21(12(9)18-14)8-3-6(23)7(4-22)25-8/h5-8,22-23H,3-4H2,1-2H3,(H3,16,17,18,19,24)/t6-,7+,8+/m0/s1. The second-order valence-corrected chi connectivity index (χ2v) is 6.88. The van der Waals surface area contributed by atoms with Gasteiger partial charge >= 0.3 is 0 Å². The zero-order valence-corrected chi connectivity index (χ0v) is 15.3. The first-order valence-corrected chi connectivity index (χ1v) is 8.57. The number of ether oxygens (including phenoxy) is 1. The van der Waals surface area contributed by atoms with Crippen LogP contribution in [0, 0.1) is 5.92 Å². The molecular formula is C14H19BrN6O4. The number of aliphatic hydroxyl groups is 2. The molecule has 3 atom stereocenters. The van der Waals surface area contributed by atoms with Crippen molar-refractivity contribution in [2.75, 3.05) is 17.7 Å². The van der Waals surface area contributed by atoms with Crippen LogP contribution in [0.3, 0.4) is 0 Å². The number of amides is 1. The summed E-state index contributed by atoms with van der Waals surface area (Å²) in [5, 5.41) is 26.6. The van der Waals surface area contributed by atoms with E-state index in [-0.39, 0.29) is 36.6 Å². The molecule has 5 N–H and O–H groups in total. The number of hydrogen-bond acceptors (Lipinski definition) is 8. The minimum Gasteiger partial charge on any atom is -0.394 e. The van der Waals surface area contributed by atoms with E-state index in [1.54, 1.807) is 13.8 Å². The highest BCUT2D eigenvalue weighted by Crippen LogP contribution is 2.34. The third kappa shape index (κ3) is 3.32. The molecule has 0 saturated carbocycles. The van der Waals surface area contributed by atoms with Gasteiger partial charge in [-0.25, -0.2) is 4.68 Å². The van der Waals surface area contributed by atoms with Crippen LogP contribution in [0.15, 0.2) is 4.60 Å². The molecule has 1 saturated heterocycles. The number of halogens is 1. The summed E-state index contributed by atoms with van der Waals surface area (Å²) < 4.78 is 7.50. The Morgan fingerprint density at radius 1 is 1.52 bits per heavy atom. The van der Waals surface area contributed by atoms with Gasteiger partial charge < -0.3 is 20.7 Å². The van der Waals surface area contributed by atoms with Crippen LogP contribution in [0.25, 0.3) is 11.0 Å². The van der Waals surface area contributed by atoms with E-state index in [0.29, 0.717) is 15.6 Å². The van der Waals surface area contributed by atoms with Gasteiger partial charge in [-0.2, -0.15) is 15.1 Å². The first-order chi connectivity index (χ1) is 11.8. The molecular weight excluding hydrogens is 396 g/mol. The van der Waals surface area contributed by atoms with Gasteiger partial charge in [-0.05, 0) is 15.9 Å². The Labute approximate surface area is 151 Å². The number of carbonyl (C=O) groups is 1. The number of fused-ring (bicyclic) bond motifs is 1. The summed E-state index contributed by atoms with van der Waals surface area (Å²) in [6, 6.07) is 0. The number of aliphatic hydroxyl groups excluding tert-OH is 2. The number of aromatic nitrogens is 4. The second-order valence-electron chi connectivity index (χ2n) is 6.13. The van der Waals surface area contributed by atoms with E-state index in [2.05, 4.69) is 36.3 Å². The third-order valence-electron chi connectivity index (χ3n) is 3.95. The quantitative estimate of drug-likeness (QED) is 0.561. The Bertz CT molecular complexity index is 810. The van der Waals surface area contributed by atoms with E-state index in [1.165, 1.54) is 4.68 Å². The van der Waals surface area contributed by atoms with Gasteiger partial charge in [-0.15, -0.1) is 0 Å². The van der Waals surface area contributed by atoms with Crippen molar-refractivity contribution in [1.82, 2.24) is 19.7 Å². The summed E-state index contributed by atoms with van der Waals surface area (Å²) in [6.45, 7) is 3.20. The number of nitrogens with one attached hydrogen (secondary N) is 1. The van der Waals surface area contributed by atoms with Crippen molar-refractivity contribution >= 4 is 44.6 Å². The van der Waals surface area contributed by atoms with Crippen LogP contribution in [-0.2, 0) is 9.53 Å². The maximum absolute atomic E-state index is 11.9. The van der Waals surface area contributed by atoms with Crippen LogP contribution in [0.1, 0.15) is 26.5 Å². The van der Waals surface area contributed by atoms with Crippen LogP contribution in [0.4, 0.5) is 11.8 Å². The van der Waals surface area contributed by atoms with Gasteiger partial charge in [0.05, 0.1) is 18.1 Å². The number of nitrogen functional groups attached to an aromatic ring is 1. The summed E-state index contributed by atoms with van der Waals surface area (Å²) in [4.78, 5) is 20.3. The molecule has 1 aliphatic rings. The Morgan fingerprint density at radius 2 is 2.24 bits per heavy atom. The summed E-state index contributed by atoms with van der Waals surface area (Å²) in [7, 11) is 0. The molecule has 1 fully saturated rings. The lowest BCUT2D eigenvalue weighted by Gasteiger charge is -2.13. The predicted octanol–water partition coefficient (Wildman–Crippen LogP) is 0.406. The Balaban J connectivity index is 2.02. The lowest BCUT2D eigenvalue weighted by atomic mass is 10.2. The van der Waals surface area contributed by atoms with Crippen molar-refractivity contribution in [2.45, 2.75) is 38.7 Å². The van der Waals surface area contributed by atoms with Gasteiger partial charge in [0.2, 0.25) is 11.9 Å². The predicted molar refractivity (Wildman–Crippen MR) is 92.5 cm³/mol. The lowest BCUT2D eigenvalue weighted by molar-refractivity contribution is -0.118. The molecule has 10 nitrogen and oxygen atoms in total. The van der Waals surface area contributed by atoms with E-state index < -0.39 is 18.4 Å². The topological polar surface area (TPSA) is 148 Å². The summed E-state index contributed by atoms with van der Waals surface area (Å²) in [5.41, 5.74) is 6.34. The second kappa shape index (κ2) is 6.83. The Hall–Kier alpha value is -1.82. The van der Waals surface area contributed by atoms with Crippen molar-refractivity contribution in [1.29, 1.82) is 0 Å². The van der Waals surface area contributed by atoms with E-state index in [9.17, 15) is 15.0 Å². The fourth-order valence-electron chi connectivity index (χ4n) is 2.56. The highest BCUT2D eigenvalue weighted by atomic mass is 79.9. The van der Waals surface area contributed by atoms with Gasteiger partial charge in [-0.1, -0.05) is 13.8 Å². The van der Waals surface area contributed by atoms with E-state index in [0.717, 1.165) is 0 Å². The SMILES string of the molecule is CC(C)C(=O)Nc1nc(N)c2c(Br)nn([C@H]3C[C@H](O)[C@@H](CO)O3)c2n1. The zero-order valence-electron chi connectivity index (χ0n) is 13.7. The van der Waals surface area contributed by atoms with Crippen LogP contribution in [0.5, 0.6) is 0 Å². The molecule has 11 heteroatoms. The van der Waals surface area contributed by atoms with Gasteiger partial charge in [0, 0.05) is 12.3 Å². The molecule has 0 spiro atoms. The molecule has 2 aromatic rings. The fraction of sp³-hybridized carbons (Fsp3) is 0.571. The molecule has 3 rings (SSSR count). The average molecular weight is 415 g/mol. The van der Waals surface area contributed by atoms with Crippen LogP contribution in [0.2, 0.25) is 0 Å². The number of nitrogens with zero attached hydrogens (tertiary/aromatic N) is 4. The van der Waals surface area contributed by atoms with Crippen LogP contribution >= 0.6 is 15.9 Å². The smallest absolute Gasteiger partial charge is 0.233 e. The molecule has 136 valence electrons. The minimum absolute atomic E-state index is 0.0644. The van der Waals surface area contributed by atoms with Crippen LogP contribution < -0.4 is 11.1 Å². The first kappa shape index (κ1) is 18.0. The highest BCUT2D eigenvalue weighted by molar-refractivity contribution is 9.10. The molecule has 0 bridgehead atoms. The summed E-state index contributed by atoms with van der Waals surface area (Å²) >= 11 is 3.31. The van der Waals surface area contributed by atoms with Crippen molar-refractivity contribution in [3.63, 3.8) is 0 Å². The van der Waals surface area contributed by atoms with Gasteiger partial charge in [0.1, 0.15) is 16.5 Å². The van der Waals surface area contributed by atoms with Crippen molar-refractivity contribution in [3.8, 4) is 0 Å². The molecule has 0 unspecified atom stereocenters. The summed E-state index contributed by atoms with van der Waals surface area (Å²) in [6.07, 6.45) is -1.88. The van der Waals surface area contributed by atoms with E-state index in [4.69, 9.17) is 10.5 Å². The number of hydrogen-bond donors (Lipinski definition) is 4. The molecule has 0 aromatic carbocycles. The number of nitrogens with two attached hydrogens (primary N) is 1. The molecule has 3 heterocycles. The van der Waals surface area contributed by atoms with Crippen molar-refractivity contribution in [2.24, 2.45) is 5.92 Å². The zero-order chi connectivity index (χ0) is 18.3. The maximum atomic E-state index is 11.9. The van der Waals surface area contributed by atoms with Gasteiger partial charge in [0.25, 0.3) is 0 Å². The fourth-order valence-corrected chi connectivity index (χ4v) is 3.11. The van der Waals surface area contributed by atoms with Crippen LogP contribution in [-0.4, -0.2) is 54.7 Å². The number of anilines is 2. The van der Waals surface area contributed by atoms with Crippen molar-refractivity contribution in [3.05, 3.63) is 4.60 Å². The van der Waals surface area contributed by atoms with Gasteiger partial charge in [0.15, 0.2) is 11.9 Å². The van der Waals surface area contributed by atoms with Gasteiger partial charge in [-0.3, -0.25) is 10.1 Å². The molecule has 0 radical (unpaired) electrons. The molecule has 1 amide bonds. The monoisotopic (exact) mass is 414 g/mol. The van der Waals surface area contributed by atoms with E-state index in [1.807, 2.05) is 0 Å². The van der Waals surface area contributed by atoms with E-state index >= 15 is 0 Å². The largest absolute Gasteiger partial charge is 0.394 e. The molecule has 25 heavy (non-hydrogen) atoms. The van der Waals surface area contributed by atoms with Crippen molar-refractivity contribution < 1.29 is 19.7 Å². The molecule has 2 aromatic heterocycles. The molecule has 0 aliphatic carbocycles. The normalized spacial score (nSPS) is 23.5.